The average Bonchev–Trinajstić information content (AvgIpc) is 3.56. The number of aromatic nitrogens is 2. The normalized spacial score (nSPS) is 23.3. The summed E-state index contributed by atoms with van der Waals surface area (Å²) in [5.74, 6) is 0.860. The predicted octanol–water partition coefficient (Wildman–Crippen LogP) is 6.28. The van der Waals surface area contributed by atoms with E-state index in [0.717, 1.165) is 60.6 Å². The van der Waals surface area contributed by atoms with Crippen molar-refractivity contribution >= 4 is 29.2 Å². The maximum atomic E-state index is 13.1. The topological polar surface area (TPSA) is 94.8 Å². The third-order valence-corrected chi connectivity index (χ3v) is 10.8. The zero-order valence-corrected chi connectivity index (χ0v) is 28.5. The molecule has 0 radical (unpaired) electrons. The van der Waals surface area contributed by atoms with E-state index in [2.05, 4.69) is 59.3 Å². The molecule has 10 heteroatoms. The molecule has 2 aliphatic carbocycles. The quantitative estimate of drug-likeness (QED) is 0.317. The minimum Gasteiger partial charge on any atom is -0.461 e. The Labute approximate surface area is 282 Å². The molecule has 1 spiro atoms. The number of hydrogen-bond donors (Lipinski definition) is 0. The summed E-state index contributed by atoms with van der Waals surface area (Å²) in [4.78, 5) is 29.5. The summed E-state index contributed by atoms with van der Waals surface area (Å²) in [5.41, 5.74) is 6.72. The minimum absolute atomic E-state index is 0.0117. The molecule has 47 heavy (non-hydrogen) atoms. The predicted molar refractivity (Wildman–Crippen MR) is 183 cm³/mol. The smallest absolute Gasteiger partial charge is 0.410 e. The van der Waals surface area contributed by atoms with Crippen molar-refractivity contribution in [2.45, 2.75) is 88.8 Å². The highest BCUT2D eigenvalue weighted by Crippen LogP contribution is 2.50. The number of para-hydroxylation sites is 1. The molecule has 2 aromatic carbocycles. The van der Waals surface area contributed by atoms with Gasteiger partial charge in [0.05, 0.1) is 30.3 Å². The molecular formula is C37H43ClN6O3. The maximum absolute atomic E-state index is 13.1. The summed E-state index contributed by atoms with van der Waals surface area (Å²) in [7, 11) is 2.12. The molecule has 0 N–H and O–H groups in total. The number of carbonyl (C=O) groups excluding carboxylic acids is 1. The van der Waals surface area contributed by atoms with Crippen LogP contribution < -0.4 is 14.5 Å². The van der Waals surface area contributed by atoms with Gasteiger partial charge in [-0.15, -0.1) is 0 Å². The van der Waals surface area contributed by atoms with Crippen LogP contribution in [0.15, 0.2) is 42.5 Å². The van der Waals surface area contributed by atoms with E-state index in [1.807, 2.05) is 26.8 Å². The van der Waals surface area contributed by atoms with Crippen LogP contribution >= 0.6 is 11.6 Å². The molecule has 4 aliphatic rings. The zero-order valence-electron chi connectivity index (χ0n) is 27.8. The second kappa shape index (κ2) is 12.2. The number of likely N-dealkylation sites (N-methyl/N-ethyl adjacent to an activating group) is 1. The number of anilines is 2. The summed E-state index contributed by atoms with van der Waals surface area (Å²) in [6.45, 7) is 7.56. The molecule has 0 bridgehead atoms. The van der Waals surface area contributed by atoms with Gasteiger partial charge in [0.2, 0.25) is 0 Å². The van der Waals surface area contributed by atoms with Crippen LogP contribution in [0.1, 0.15) is 68.0 Å². The summed E-state index contributed by atoms with van der Waals surface area (Å²) < 4.78 is 12.2. The first-order chi connectivity index (χ1) is 22.5. The minimum atomic E-state index is -0.614. The van der Waals surface area contributed by atoms with E-state index in [4.69, 9.17) is 31.0 Å². The van der Waals surface area contributed by atoms with Crippen LogP contribution in [0.2, 0.25) is 5.02 Å². The summed E-state index contributed by atoms with van der Waals surface area (Å²) in [5, 5.41) is 10.6. The molecule has 7 rings (SSSR count). The Bertz CT molecular complexity index is 1730. The lowest BCUT2D eigenvalue weighted by Crippen LogP contribution is -2.56. The summed E-state index contributed by atoms with van der Waals surface area (Å²) >= 11 is 6.67. The maximum Gasteiger partial charge on any atom is 0.410 e. The highest BCUT2D eigenvalue weighted by molar-refractivity contribution is 6.31. The van der Waals surface area contributed by atoms with Gasteiger partial charge in [-0.05, 0) is 88.1 Å². The number of carbonyl (C=O) groups is 1. The second-order valence-corrected chi connectivity index (χ2v) is 14.9. The van der Waals surface area contributed by atoms with Crippen LogP contribution in [0.4, 0.5) is 16.3 Å². The molecule has 246 valence electrons. The zero-order chi connectivity index (χ0) is 32.9. The van der Waals surface area contributed by atoms with Crippen molar-refractivity contribution < 1.29 is 14.3 Å². The number of hydrogen-bond acceptors (Lipinski definition) is 8. The molecule has 0 saturated carbocycles. The lowest BCUT2D eigenvalue weighted by molar-refractivity contribution is 0.0144. The van der Waals surface area contributed by atoms with Gasteiger partial charge in [0.1, 0.15) is 18.0 Å². The Balaban J connectivity index is 1.19. The molecule has 1 fully saturated rings. The Kier molecular flexibility index (Phi) is 8.20. The van der Waals surface area contributed by atoms with Gasteiger partial charge in [-0.1, -0.05) is 41.9 Å². The van der Waals surface area contributed by atoms with E-state index < -0.39 is 5.60 Å². The molecule has 3 heterocycles. The van der Waals surface area contributed by atoms with Crippen LogP contribution in [0.3, 0.4) is 0 Å². The van der Waals surface area contributed by atoms with Gasteiger partial charge in [0, 0.05) is 48.4 Å². The number of nitriles is 1. The Hall–Kier alpha value is -4.03. The van der Waals surface area contributed by atoms with Gasteiger partial charge in [0.25, 0.3) is 0 Å². The largest absolute Gasteiger partial charge is 0.461 e. The molecule has 3 aromatic rings. The van der Waals surface area contributed by atoms with Crippen LogP contribution in [0, 0.1) is 11.3 Å². The van der Waals surface area contributed by atoms with Crippen LogP contribution in [0.5, 0.6) is 6.01 Å². The van der Waals surface area contributed by atoms with Crippen molar-refractivity contribution in [3.8, 4) is 12.1 Å². The molecule has 1 amide bonds. The molecule has 1 aromatic heterocycles. The van der Waals surface area contributed by atoms with Gasteiger partial charge < -0.3 is 24.2 Å². The van der Waals surface area contributed by atoms with Crippen LogP contribution in [-0.4, -0.2) is 71.9 Å². The molecular weight excluding hydrogens is 612 g/mol. The number of fused-ring (bicyclic) bond motifs is 4. The van der Waals surface area contributed by atoms with E-state index in [-0.39, 0.29) is 30.0 Å². The van der Waals surface area contributed by atoms with E-state index in [1.54, 1.807) is 4.90 Å². The van der Waals surface area contributed by atoms with Crippen molar-refractivity contribution in [2.24, 2.45) is 0 Å². The first-order valence-electron chi connectivity index (χ1n) is 16.8. The third kappa shape index (κ3) is 5.97. The van der Waals surface area contributed by atoms with E-state index in [1.165, 1.54) is 22.4 Å². The van der Waals surface area contributed by atoms with Crippen LogP contribution in [0.25, 0.3) is 0 Å². The van der Waals surface area contributed by atoms with Gasteiger partial charge in [-0.2, -0.15) is 15.2 Å². The Morgan fingerprint density at radius 1 is 1.06 bits per heavy atom. The van der Waals surface area contributed by atoms with Crippen molar-refractivity contribution in [2.75, 3.05) is 43.1 Å². The number of amides is 1. The molecule has 3 atom stereocenters. The standard InChI is InChI=1S/C37H43ClN6O3/c1-36(2,3)47-35(45)44-19-18-43(22-25(44)14-17-39)33-28-13-16-37(15-12-27-29(37)9-7-10-30(27)38)21-31(28)40-34(41-33)46-23-26-20-24-8-5-6-11-32(24)42(26)4/h5-11,25-26H,12-16,18-23H2,1-4H3/t25-,26-,37-/m0/s1. The monoisotopic (exact) mass is 654 g/mol. The van der Waals surface area contributed by atoms with Crippen molar-refractivity contribution in [1.82, 2.24) is 14.9 Å². The SMILES string of the molecule is CN1c2ccccc2C[C@H]1COc1nc2c(c(N3CCN(C(=O)OC(C)(C)C)[C@@H](CC#N)C3)n1)CC[C@@]1(CCc3c(Cl)cccc31)C2. The number of benzene rings is 2. The van der Waals surface area contributed by atoms with Crippen molar-refractivity contribution in [1.29, 1.82) is 5.26 Å². The summed E-state index contributed by atoms with van der Waals surface area (Å²) in [6.07, 6.45) is 5.40. The lowest BCUT2D eigenvalue weighted by atomic mass is 9.69. The fourth-order valence-electron chi connectivity index (χ4n) is 8.09. The number of ether oxygens (including phenoxy) is 2. The van der Waals surface area contributed by atoms with Gasteiger partial charge in [-0.25, -0.2) is 4.79 Å². The number of halogens is 1. The molecule has 0 unspecified atom stereocenters. The van der Waals surface area contributed by atoms with E-state index in [0.29, 0.717) is 32.3 Å². The van der Waals surface area contributed by atoms with Crippen molar-refractivity contribution in [3.05, 3.63) is 75.4 Å². The van der Waals surface area contributed by atoms with Crippen LogP contribution in [-0.2, 0) is 35.8 Å². The first-order valence-corrected chi connectivity index (χ1v) is 17.2. The molecule has 1 saturated heterocycles. The van der Waals surface area contributed by atoms with Gasteiger partial charge in [0.15, 0.2) is 0 Å². The average molecular weight is 655 g/mol. The second-order valence-electron chi connectivity index (χ2n) is 14.5. The Morgan fingerprint density at radius 3 is 2.62 bits per heavy atom. The number of nitrogens with zero attached hydrogens (tertiary/aromatic N) is 6. The summed E-state index contributed by atoms with van der Waals surface area (Å²) in [6, 6.07) is 17.3. The highest BCUT2D eigenvalue weighted by Gasteiger charge is 2.44. The fourth-order valence-corrected chi connectivity index (χ4v) is 8.36. The van der Waals surface area contributed by atoms with Gasteiger partial charge in [-0.3, -0.25) is 0 Å². The first kappa shape index (κ1) is 31.6. The third-order valence-electron chi connectivity index (χ3n) is 10.5. The lowest BCUT2D eigenvalue weighted by Gasteiger charge is -2.43. The Morgan fingerprint density at radius 2 is 1.85 bits per heavy atom. The molecule has 9 nitrogen and oxygen atoms in total. The van der Waals surface area contributed by atoms with Crippen molar-refractivity contribution in [3.63, 3.8) is 0 Å². The molecule has 2 aliphatic heterocycles. The number of piperazine rings is 1. The highest BCUT2D eigenvalue weighted by atomic mass is 35.5. The fraction of sp³-hybridized carbons (Fsp3) is 0.514. The van der Waals surface area contributed by atoms with E-state index >= 15 is 0 Å². The van der Waals surface area contributed by atoms with E-state index in [9.17, 15) is 10.1 Å². The van der Waals surface area contributed by atoms with Gasteiger partial charge >= 0.3 is 12.1 Å². The number of rotatable bonds is 5.